The third-order valence-corrected chi connectivity index (χ3v) is 4.07. The monoisotopic (exact) mass is 471 g/mol. The van der Waals surface area contributed by atoms with Crippen molar-refractivity contribution < 1.29 is 28.3 Å². The molecule has 0 saturated carbocycles. The highest BCUT2D eigenvalue weighted by Gasteiger charge is 2.32. The Bertz CT molecular complexity index is 823. The Hall–Kier alpha value is -2.36. The second-order valence-electron chi connectivity index (χ2n) is 6.29. The number of rotatable bonds is 3. The van der Waals surface area contributed by atoms with Crippen molar-refractivity contribution in [2.75, 3.05) is 12.0 Å². The molecule has 0 bridgehead atoms. The molecule has 1 heterocycles. The van der Waals surface area contributed by atoms with E-state index in [2.05, 4.69) is 0 Å². The first-order valence-electron chi connectivity index (χ1n) is 7.61. The van der Waals surface area contributed by atoms with Gasteiger partial charge < -0.3 is 13.9 Å². The van der Waals surface area contributed by atoms with E-state index in [1.807, 2.05) is 22.6 Å². The summed E-state index contributed by atoms with van der Waals surface area (Å²) in [6.45, 7) is 5.09. The molecule has 0 atom stereocenters. The van der Waals surface area contributed by atoms with Crippen molar-refractivity contribution in [3.63, 3.8) is 0 Å². The minimum Gasteiger partial charge on any atom is -0.472 e. The van der Waals surface area contributed by atoms with E-state index in [1.165, 1.54) is 31.8 Å². The van der Waals surface area contributed by atoms with Gasteiger partial charge in [0.15, 0.2) is 0 Å². The van der Waals surface area contributed by atoms with Gasteiger partial charge in [0.25, 0.3) is 5.91 Å². The van der Waals surface area contributed by atoms with Crippen LogP contribution in [0.15, 0.2) is 41.2 Å². The second kappa shape index (κ2) is 7.90. The zero-order valence-electron chi connectivity index (χ0n) is 14.7. The van der Waals surface area contributed by atoms with Crippen LogP contribution < -0.4 is 4.90 Å². The van der Waals surface area contributed by atoms with Gasteiger partial charge in [0, 0.05) is 3.57 Å². The van der Waals surface area contributed by atoms with Gasteiger partial charge in [-0.3, -0.25) is 4.79 Å². The SMILES string of the molecule is COC(=O)c1ccc(I)c(N(C(=O)OC(C)(C)C)C(=O)c2ccoc2)c1. The summed E-state index contributed by atoms with van der Waals surface area (Å²) in [5.41, 5.74) is -0.210. The number of halogens is 1. The smallest absolute Gasteiger partial charge is 0.422 e. The molecule has 0 fully saturated rings. The van der Waals surface area contributed by atoms with E-state index in [4.69, 9.17) is 13.9 Å². The summed E-state index contributed by atoms with van der Waals surface area (Å²) in [7, 11) is 1.25. The van der Waals surface area contributed by atoms with Crippen LogP contribution in [-0.2, 0) is 9.47 Å². The van der Waals surface area contributed by atoms with Gasteiger partial charge in [-0.15, -0.1) is 0 Å². The number of benzene rings is 1. The highest BCUT2D eigenvalue weighted by molar-refractivity contribution is 14.1. The van der Waals surface area contributed by atoms with E-state index in [0.29, 0.717) is 3.57 Å². The maximum atomic E-state index is 12.9. The fraction of sp³-hybridized carbons (Fsp3) is 0.278. The normalized spacial score (nSPS) is 11.0. The lowest BCUT2D eigenvalue weighted by Crippen LogP contribution is -2.41. The molecule has 2 aromatic rings. The van der Waals surface area contributed by atoms with Crippen molar-refractivity contribution in [3.8, 4) is 0 Å². The molecule has 2 rings (SSSR count). The number of hydrogen-bond acceptors (Lipinski definition) is 6. The molecule has 0 aliphatic carbocycles. The van der Waals surface area contributed by atoms with E-state index >= 15 is 0 Å². The van der Waals surface area contributed by atoms with Crippen molar-refractivity contribution in [2.45, 2.75) is 26.4 Å². The first-order valence-corrected chi connectivity index (χ1v) is 8.69. The number of amides is 2. The zero-order valence-corrected chi connectivity index (χ0v) is 16.9. The minimum absolute atomic E-state index is 0.176. The van der Waals surface area contributed by atoms with Crippen LogP contribution in [-0.4, -0.2) is 30.7 Å². The van der Waals surface area contributed by atoms with Crippen LogP contribution in [0.4, 0.5) is 10.5 Å². The maximum Gasteiger partial charge on any atom is 0.422 e. The predicted octanol–water partition coefficient (Wildman–Crippen LogP) is 4.25. The quantitative estimate of drug-likeness (QED) is 0.492. The number of imide groups is 1. The Labute approximate surface area is 164 Å². The molecule has 1 aromatic carbocycles. The summed E-state index contributed by atoms with van der Waals surface area (Å²) in [6.07, 6.45) is 1.70. The van der Waals surface area contributed by atoms with Crippen LogP contribution in [0.1, 0.15) is 41.5 Å². The topological polar surface area (TPSA) is 86.0 Å². The van der Waals surface area contributed by atoms with Crippen LogP contribution in [0, 0.1) is 3.57 Å². The largest absolute Gasteiger partial charge is 0.472 e. The van der Waals surface area contributed by atoms with Gasteiger partial charge in [0.05, 0.1) is 30.2 Å². The molecule has 26 heavy (non-hydrogen) atoms. The van der Waals surface area contributed by atoms with Crippen LogP contribution in [0.2, 0.25) is 0 Å². The summed E-state index contributed by atoms with van der Waals surface area (Å²) in [5, 5.41) is 0. The van der Waals surface area contributed by atoms with E-state index in [1.54, 1.807) is 32.9 Å². The standard InChI is InChI=1S/C18H18INO6/c1-18(2,3)26-17(23)20(15(21)12-7-8-25-10-12)14-9-11(16(22)24-4)5-6-13(14)19/h5-10H,1-4H3. The molecule has 0 aliphatic heterocycles. The molecule has 0 unspecified atom stereocenters. The zero-order chi connectivity index (χ0) is 19.5. The molecular formula is C18H18INO6. The molecule has 0 radical (unpaired) electrons. The number of ether oxygens (including phenoxy) is 2. The highest BCUT2D eigenvalue weighted by Crippen LogP contribution is 2.28. The summed E-state index contributed by atoms with van der Waals surface area (Å²) in [4.78, 5) is 38.3. The molecule has 0 saturated heterocycles. The van der Waals surface area contributed by atoms with Crippen LogP contribution >= 0.6 is 22.6 Å². The van der Waals surface area contributed by atoms with Crippen molar-refractivity contribution >= 4 is 46.2 Å². The highest BCUT2D eigenvalue weighted by atomic mass is 127. The van der Waals surface area contributed by atoms with Gasteiger partial charge in [-0.1, -0.05) is 0 Å². The van der Waals surface area contributed by atoms with Gasteiger partial charge in [0.2, 0.25) is 0 Å². The first-order chi connectivity index (χ1) is 12.1. The Kier molecular flexibility index (Phi) is 6.06. The Morgan fingerprint density at radius 2 is 1.81 bits per heavy atom. The number of nitrogens with zero attached hydrogens (tertiary/aromatic N) is 1. The second-order valence-corrected chi connectivity index (χ2v) is 7.45. The lowest BCUT2D eigenvalue weighted by atomic mass is 10.1. The summed E-state index contributed by atoms with van der Waals surface area (Å²) in [5.74, 6) is -1.21. The lowest BCUT2D eigenvalue weighted by Gasteiger charge is -2.26. The summed E-state index contributed by atoms with van der Waals surface area (Å²) >= 11 is 1.97. The van der Waals surface area contributed by atoms with E-state index in [0.717, 1.165) is 4.90 Å². The average Bonchev–Trinajstić information content (AvgIpc) is 3.08. The Morgan fingerprint density at radius 3 is 2.35 bits per heavy atom. The van der Waals surface area contributed by atoms with Crippen LogP contribution in [0.3, 0.4) is 0 Å². The van der Waals surface area contributed by atoms with Gasteiger partial charge in [0.1, 0.15) is 11.9 Å². The van der Waals surface area contributed by atoms with Crippen molar-refractivity contribution in [1.29, 1.82) is 0 Å². The van der Waals surface area contributed by atoms with Crippen molar-refractivity contribution in [1.82, 2.24) is 0 Å². The fourth-order valence-corrected chi connectivity index (χ4v) is 2.62. The lowest BCUT2D eigenvalue weighted by molar-refractivity contribution is 0.0557. The van der Waals surface area contributed by atoms with Crippen LogP contribution in [0.5, 0.6) is 0 Å². The number of anilines is 1. The third-order valence-electron chi connectivity index (χ3n) is 3.16. The number of methoxy groups -OCH3 is 1. The van der Waals surface area contributed by atoms with Crippen LogP contribution in [0.25, 0.3) is 0 Å². The Balaban J connectivity index is 2.55. The molecule has 0 aliphatic rings. The number of furan rings is 1. The third kappa shape index (κ3) is 4.63. The first kappa shape index (κ1) is 20.0. The molecule has 8 heteroatoms. The number of esters is 1. The summed E-state index contributed by atoms with van der Waals surface area (Å²) < 4.78 is 15.6. The number of hydrogen-bond donors (Lipinski definition) is 0. The molecule has 138 valence electrons. The molecular weight excluding hydrogens is 453 g/mol. The molecule has 7 nitrogen and oxygen atoms in total. The number of carbonyl (C=O) groups excluding carboxylic acids is 3. The van der Waals surface area contributed by atoms with Gasteiger partial charge in [-0.25, -0.2) is 14.5 Å². The molecule has 0 N–H and O–H groups in total. The number of carbonyl (C=O) groups is 3. The van der Waals surface area contributed by atoms with Crippen molar-refractivity contribution in [3.05, 3.63) is 51.5 Å². The summed E-state index contributed by atoms with van der Waals surface area (Å²) in [6, 6.07) is 6.01. The van der Waals surface area contributed by atoms with E-state index in [9.17, 15) is 14.4 Å². The average molecular weight is 471 g/mol. The van der Waals surface area contributed by atoms with Gasteiger partial charge in [-0.2, -0.15) is 0 Å². The van der Waals surface area contributed by atoms with Crippen molar-refractivity contribution in [2.24, 2.45) is 0 Å². The molecule has 0 spiro atoms. The predicted molar refractivity (Wildman–Crippen MR) is 102 cm³/mol. The van der Waals surface area contributed by atoms with Gasteiger partial charge in [-0.05, 0) is 67.6 Å². The van der Waals surface area contributed by atoms with E-state index in [-0.39, 0.29) is 16.8 Å². The fourth-order valence-electron chi connectivity index (χ4n) is 2.04. The Morgan fingerprint density at radius 1 is 1.12 bits per heavy atom. The molecule has 1 aromatic heterocycles. The van der Waals surface area contributed by atoms with Gasteiger partial charge >= 0.3 is 12.1 Å². The maximum absolute atomic E-state index is 12.9. The van der Waals surface area contributed by atoms with E-state index < -0.39 is 23.6 Å². The minimum atomic E-state index is -0.858. The molecule has 2 amide bonds.